The molecule has 2 atom stereocenters. The number of carboxylic acids is 1. The molecule has 8 nitrogen and oxygen atoms in total. The van der Waals surface area contributed by atoms with Crippen LogP contribution in [-0.2, 0) is 19.9 Å². The third-order valence-corrected chi connectivity index (χ3v) is 3.05. The molecule has 1 aromatic carbocycles. The van der Waals surface area contributed by atoms with Gasteiger partial charge in [0.2, 0.25) is 5.91 Å². The molecule has 0 radical (unpaired) electrons. The summed E-state index contributed by atoms with van der Waals surface area (Å²) in [6.45, 7) is 4.73. The van der Waals surface area contributed by atoms with Crippen molar-refractivity contribution < 1.29 is 29.3 Å². The Morgan fingerprint density at radius 2 is 1.61 bits per heavy atom. The van der Waals surface area contributed by atoms with E-state index in [9.17, 15) is 19.5 Å². The second-order valence-corrected chi connectivity index (χ2v) is 6.05. The summed E-state index contributed by atoms with van der Waals surface area (Å²) in [6.07, 6.45) is -2.24. The van der Waals surface area contributed by atoms with Crippen LogP contribution < -0.4 is 11.5 Å². The van der Waals surface area contributed by atoms with Crippen LogP contribution in [-0.4, -0.2) is 39.8 Å². The Balaban J connectivity index is 3.37. The molecule has 1 amide bonds. The van der Waals surface area contributed by atoms with Crippen LogP contribution in [0.2, 0.25) is 0 Å². The summed E-state index contributed by atoms with van der Waals surface area (Å²) in [5.74, 6) is -3.49. The minimum absolute atomic E-state index is 0.0216. The van der Waals surface area contributed by atoms with Crippen LogP contribution in [0.3, 0.4) is 0 Å². The van der Waals surface area contributed by atoms with E-state index in [1.165, 1.54) is 24.3 Å². The van der Waals surface area contributed by atoms with E-state index in [0.29, 0.717) is 0 Å². The summed E-state index contributed by atoms with van der Waals surface area (Å²) in [5.41, 5.74) is 7.88. The number of primary amides is 1. The molecule has 0 saturated carbocycles. The molecule has 1 rings (SSSR count). The molecule has 6 N–H and O–H groups in total. The summed E-state index contributed by atoms with van der Waals surface area (Å²) in [7, 11) is 0. The maximum Gasteiger partial charge on any atom is 0.335 e. The molecule has 0 bridgehead atoms. The highest BCUT2D eigenvalue weighted by Crippen LogP contribution is 2.27. The maximum atomic E-state index is 12.4. The highest BCUT2D eigenvalue weighted by atomic mass is 16.6. The first-order valence-corrected chi connectivity index (χ1v) is 6.73. The SMILES string of the molecule is CC(C)(C)OC(=O)[C@](N)(c1ccc(C(N)=O)cc1)[C@@H](O)C(=O)O. The van der Waals surface area contributed by atoms with Gasteiger partial charge in [-0.2, -0.15) is 0 Å². The van der Waals surface area contributed by atoms with E-state index >= 15 is 0 Å². The van der Waals surface area contributed by atoms with Gasteiger partial charge in [0.15, 0.2) is 11.6 Å². The number of esters is 1. The molecule has 0 fully saturated rings. The van der Waals surface area contributed by atoms with Gasteiger partial charge in [-0.05, 0) is 38.5 Å². The number of carbonyl (C=O) groups excluding carboxylic acids is 2. The number of benzene rings is 1. The molecule has 0 aliphatic rings. The van der Waals surface area contributed by atoms with Crippen LogP contribution in [0, 0.1) is 0 Å². The molecule has 126 valence electrons. The number of carbonyl (C=O) groups is 3. The van der Waals surface area contributed by atoms with Crippen molar-refractivity contribution in [3.63, 3.8) is 0 Å². The van der Waals surface area contributed by atoms with Gasteiger partial charge < -0.3 is 26.4 Å². The number of nitrogens with two attached hydrogens (primary N) is 2. The van der Waals surface area contributed by atoms with E-state index in [1.54, 1.807) is 20.8 Å². The van der Waals surface area contributed by atoms with E-state index in [4.69, 9.17) is 21.3 Å². The number of carboxylic acid groups (broad SMARTS) is 1. The molecule has 1 aromatic rings. The number of aliphatic hydroxyl groups excluding tert-OH is 1. The topological polar surface area (TPSA) is 153 Å². The maximum absolute atomic E-state index is 12.4. The van der Waals surface area contributed by atoms with E-state index in [-0.39, 0.29) is 11.1 Å². The minimum Gasteiger partial charge on any atom is -0.479 e. The molecule has 0 aliphatic heterocycles. The zero-order valence-corrected chi connectivity index (χ0v) is 13.1. The standard InChI is InChI=1S/C15H20N2O6/c1-14(2,3)23-13(22)15(17,10(18)12(20)21)9-6-4-8(5-7-9)11(16)19/h4-7,10,18H,17H2,1-3H3,(H2,16,19)(H,20,21)/t10-,15-/m0/s1. The normalized spacial score (nSPS) is 15.3. The summed E-state index contributed by atoms with van der Waals surface area (Å²) in [6, 6.07) is 5.04. The fraction of sp³-hybridized carbons (Fsp3) is 0.400. The number of hydrogen-bond acceptors (Lipinski definition) is 6. The van der Waals surface area contributed by atoms with Crippen molar-refractivity contribution in [2.45, 2.75) is 38.0 Å². The molecule has 0 heterocycles. The zero-order chi connectivity index (χ0) is 18.0. The molecule has 0 unspecified atom stereocenters. The quantitative estimate of drug-likeness (QED) is 0.543. The fourth-order valence-corrected chi connectivity index (χ4v) is 1.85. The van der Waals surface area contributed by atoms with E-state index < -0.39 is 35.1 Å². The van der Waals surface area contributed by atoms with Gasteiger partial charge in [-0.3, -0.25) is 4.79 Å². The van der Waals surface area contributed by atoms with Crippen molar-refractivity contribution in [3.8, 4) is 0 Å². The van der Waals surface area contributed by atoms with E-state index in [1.807, 2.05) is 0 Å². The van der Waals surface area contributed by atoms with Crippen molar-refractivity contribution >= 4 is 17.8 Å². The summed E-state index contributed by atoms with van der Waals surface area (Å²) < 4.78 is 5.13. The molecular formula is C15H20N2O6. The van der Waals surface area contributed by atoms with Crippen LogP contribution in [0.4, 0.5) is 0 Å². The monoisotopic (exact) mass is 324 g/mol. The summed E-state index contributed by atoms with van der Waals surface area (Å²) >= 11 is 0. The Hall–Kier alpha value is -2.45. The van der Waals surface area contributed by atoms with Crippen molar-refractivity contribution in [1.29, 1.82) is 0 Å². The third kappa shape index (κ3) is 4.05. The lowest BCUT2D eigenvalue weighted by molar-refractivity contribution is -0.174. The van der Waals surface area contributed by atoms with E-state index in [2.05, 4.69) is 0 Å². The number of amides is 1. The smallest absolute Gasteiger partial charge is 0.335 e. The van der Waals surface area contributed by atoms with Crippen LogP contribution in [0.25, 0.3) is 0 Å². The molecule has 23 heavy (non-hydrogen) atoms. The van der Waals surface area contributed by atoms with Crippen molar-refractivity contribution in [3.05, 3.63) is 35.4 Å². The third-order valence-electron chi connectivity index (χ3n) is 3.05. The lowest BCUT2D eigenvalue weighted by atomic mass is 9.84. The van der Waals surface area contributed by atoms with Gasteiger partial charge in [0.25, 0.3) is 0 Å². The van der Waals surface area contributed by atoms with Crippen molar-refractivity contribution in [1.82, 2.24) is 0 Å². The van der Waals surface area contributed by atoms with Crippen molar-refractivity contribution in [2.24, 2.45) is 11.5 Å². The summed E-state index contributed by atoms with van der Waals surface area (Å²) in [5, 5.41) is 19.0. The molecule has 0 saturated heterocycles. The number of rotatable bonds is 5. The van der Waals surface area contributed by atoms with Gasteiger partial charge in [-0.25, -0.2) is 9.59 Å². The largest absolute Gasteiger partial charge is 0.479 e. The molecule has 0 aliphatic carbocycles. The second kappa shape index (κ2) is 6.35. The lowest BCUT2D eigenvalue weighted by Gasteiger charge is -2.33. The Kier molecular flexibility index (Phi) is 5.13. The van der Waals surface area contributed by atoms with Gasteiger partial charge >= 0.3 is 11.9 Å². The van der Waals surface area contributed by atoms with Gasteiger partial charge in [-0.15, -0.1) is 0 Å². The Morgan fingerprint density at radius 3 is 1.96 bits per heavy atom. The highest BCUT2D eigenvalue weighted by molar-refractivity contribution is 5.94. The number of aliphatic hydroxyl groups is 1. The first-order chi connectivity index (χ1) is 10.4. The average molecular weight is 324 g/mol. The van der Waals surface area contributed by atoms with Crippen LogP contribution >= 0.6 is 0 Å². The fourth-order valence-electron chi connectivity index (χ4n) is 1.85. The van der Waals surface area contributed by atoms with Crippen LogP contribution in [0.1, 0.15) is 36.7 Å². The van der Waals surface area contributed by atoms with E-state index in [0.717, 1.165) is 0 Å². The van der Waals surface area contributed by atoms with Crippen molar-refractivity contribution in [2.75, 3.05) is 0 Å². The minimum atomic E-state index is -2.34. The lowest BCUT2D eigenvalue weighted by Crippen LogP contribution is -2.59. The molecule has 8 heteroatoms. The average Bonchev–Trinajstić information content (AvgIpc) is 2.43. The Bertz CT molecular complexity index is 620. The van der Waals surface area contributed by atoms with Crippen LogP contribution in [0.15, 0.2) is 24.3 Å². The van der Waals surface area contributed by atoms with Gasteiger partial charge in [0.05, 0.1) is 0 Å². The predicted octanol–water partition coefficient (Wildman–Crippen LogP) is -0.273. The van der Waals surface area contributed by atoms with Gasteiger partial charge in [0.1, 0.15) is 5.60 Å². The second-order valence-electron chi connectivity index (χ2n) is 6.05. The molecule has 0 aromatic heterocycles. The van der Waals surface area contributed by atoms with Gasteiger partial charge in [0, 0.05) is 5.56 Å². The highest BCUT2D eigenvalue weighted by Gasteiger charge is 2.49. The number of ether oxygens (including phenoxy) is 1. The first-order valence-electron chi connectivity index (χ1n) is 6.73. The van der Waals surface area contributed by atoms with Gasteiger partial charge in [-0.1, -0.05) is 12.1 Å². The molecular weight excluding hydrogens is 304 g/mol. The predicted molar refractivity (Wildman–Crippen MR) is 80.3 cm³/mol. The number of aliphatic carboxylic acids is 1. The first kappa shape index (κ1) is 18.6. The number of hydrogen-bond donors (Lipinski definition) is 4. The summed E-state index contributed by atoms with van der Waals surface area (Å²) in [4.78, 5) is 34.6. The Morgan fingerprint density at radius 1 is 1.13 bits per heavy atom. The zero-order valence-electron chi connectivity index (χ0n) is 13.1. The van der Waals surface area contributed by atoms with Crippen LogP contribution in [0.5, 0.6) is 0 Å². The molecule has 0 spiro atoms. The Labute approximate surface area is 133 Å².